The summed E-state index contributed by atoms with van der Waals surface area (Å²) in [5.41, 5.74) is 1.33. The van der Waals surface area contributed by atoms with Crippen molar-refractivity contribution < 1.29 is 4.42 Å². The van der Waals surface area contributed by atoms with Gasteiger partial charge in [-0.1, -0.05) is 36.1 Å². The largest absolute Gasteiger partial charge is 0.464 e. The molecule has 2 heterocycles. The van der Waals surface area contributed by atoms with Crippen LogP contribution in [-0.2, 0) is 5.75 Å². The fourth-order valence-electron chi connectivity index (χ4n) is 2.44. The summed E-state index contributed by atoms with van der Waals surface area (Å²) in [6.07, 6.45) is 1.56. The number of thiocarbonyl (C=S) groups is 1. The number of piperazine rings is 1. The van der Waals surface area contributed by atoms with E-state index in [1.165, 1.54) is 11.8 Å². The van der Waals surface area contributed by atoms with Crippen LogP contribution in [0.3, 0.4) is 0 Å². The molecular formula is C16H18N2O2S2. The van der Waals surface area contributed by atoms with Crippen molar-refractivity contribution in [2.24, 2.45) is 0 Å². The van der Waals surface area contributed by atoms with E-state index in [1.807, 2.05) is 18.2 Å². The van der Waals surface area contributed by atoms with Gasteiger partial charge in [0.25, 0.3) is 0 Å². The number of hydrogen-bond donors (Lipinski definition) is 0. The van der Waals surface area contributed by atoms with Gasteiger partial charge in [0, 0.05) is 37.5 Å². The molecule has 2 aromatic rings. The minimum absolute atomic E-state index is 0.0375. The zero-order valence-electron chi connectivity index (χ0n) is 12.4. The summed E-state index contributed by atoms with van der Waals surface area (Å²) in [6, 6.07) is 7.32. The molecule has 0 aliphatic carbocycles. The molecule has 0 spiro atoms. The van der Waals surface area contributed by atoms with Crippen LogP contribution in [0.2, 0.25) is 0 Å². The number of nitrogens with zero attached hydrogens (tertiary/aromatic N) is 2. The van der Waals surface area contributed by atoms with E-state index >= 15 is 0 Å². The van der Waals surface area contributed by atoms with Gasteiger partial charge in [0.1, 0.15) is 9.90 Å². The molecule has 1 fully saturated rings. The second-order valence-electron chi connectivity index (χ2n) is 5.43. The summed E-state index contributed by atoms with van der Waals surface area (Å²) >= 11 is 7.03. The highest BCUT2D eigenvalue weighted by molar-refractivity contribution is 8.22. The number of hydrogen-bond acceptors (Lipinski definition) is 5. The Hall–Kier alpha value is -1.37. The lowest BCUT2D eigenvalue weighted by molar-refractivity contribution is 0.220. The zero-order valence-corrected chi connectivity index (χ0v) is 14.1. The first-order chi connectivity index (χ1) is 10.6. The van der Waals surface area contributed by atoms with E-state index in [4.69, 9.17) is 16.6 Å². The average Bonchev–Trinajstić information content (AvgIpc) is 2.55. The Morgan fingerprint density at radius 1 is 1.27 bits per heavy atom. The lowest BCUT2D eigenvalue weighted by Gasteiger charge is -2.33. The number of thioether (sulfide) groups is 1. The third-order valence-electron chi connectivity index (χ3n) is 3.86. The highest BCUT2D eigenvalue weighted by Gasteiger charge is 2.17. The number of rotatable bonds is 2. The van der Waals surface area contributed by atoms with E-state index < -0.39 is 0 Å². The first-order valence-corrected chi connectivity index (χ1v) is 8.64. The average molecular weight is 334 g/mol. The van der Waals surface area contributed by atoms with E-state index in [9.17, 15) is 4.79 Å². The first kappa shape index (κ1) is 15.5. The Morgan fingerprint density at radius 2 is 2.00 bits per heavy atom. The summed E-state index contributed by atoms with van der Waals surface area (Å²) in [5, 5.41) is 0.631. The van der Waals surface area contributed by atoms with Crippen molar-refractivity contribution in [3.05, 3.63) is 46.3 Å². The Kier molecular flexibility index (Phi) is 4.81. The van der Waals surface area contributed by atoms with Crippen molar-refractivity contribution in [3.63, 3.8) is 0 Å². The Morgan fingerprint density at radius 3 is 2.77 bits per heavy atom. The second kappa shape index (κ2) is 6.81. The fourth-order valence-corrected chi connectivity index (χ4v) is 3.64. The number of para-hydroxylation sites is 1. The molecule has 1 aromatic heterocycles. The summed E-state index contributed by atoms with van der Waals surface area (Å²) < 4.78 is 6.40. The van der Waals surface area contributed by atoms with Crippen LogP contribution in [0.15, 0.2) is 39.7 Å². The van der Waals surface area contributed by atoms with Gasteiger partial charge in [0.2, 0.25) is 0 Å². The molecule has 116 valence electrons. The minimum atomic E-state index is 0.0375. The third kappa shape index (κ3) is 3.34. The lowest BCUT2D eigenvalue weighted by Crippen LogP contribution is -2.45. The molecule has 1 aliphatic heterocycles. The fraction of sp³-hybridized carbons (Fsp3) is 0.375. The Balaban J connectivity index is 1.68. The van der Waals surface area contributed by atoms with Crippen molar-refractivity contribution in [1.82, 2.24) is 9.80 Å². The molecule has 0 saturated carbocycles. The number of likely N-dealkylation sites (N-methyl/N-ethyl adjacent to an activating group) is 1. The Labute approximate surface area is 139 Å². The van der Waals surface area contributed by atoms with Gasteiger partial charge in [-0.3, -0.25) is 4.79 Å². The summed E-state index contributed by atoms with van der Waals surface area (Å²) in [4.78, 5) is 16.9. The molecule has 0 radical (unpaired) electrons. The van der Waals surface area contributed by atoms with Crippen molar-refractivity contribution in [2.45, 2.75) is 5.75 Å². The van der Waals surface area contributed by atoms with Crippen molar-refractivity contribution in [2.75, 3.05) is 33.2 Å². The maximum Gasteiger partial charge on any atom is 0.196 e. The van der Waals surface area contributed by atoms with Crippen LogP contribution in [0, 0.1) is 0 Å². The van der Waals surface area contributed by atoms with Gasteiger partial charge >= 0.3 is 0 Å². The molecule has 6 heteroatoms. The molecular weight excluding hydrogens is 316 g/mol. The van der Waals surface area contributed by atoms with Crippen LogP contribution in [0.4, 0.5) is 0 Å². The van der Waals surface area contributed by atoms with Gasteiger partial charge < -0.3 is 14.2 Å². The SMILES string of the molecule is CN1CCN(C(=S)SCc2coc3ccccc3c2=O)CC1. The van der Waals surface area contributed by atoms with Gasteiger partial charge in [0.15, 0.2) is 5.43 Å². The van der Waals surface area contributed by atoms with Crippen LogP contribution < -0.4 is 5.43 Å². The molecule has 0 amide bonds. The summed E-state index contributed by atoms with van der Waals surface area (Å²) in [7, 11) is 2.12. The van der Waals surface area contributed by atoms with Crippen molar-refractivity contribution in [3.8, 4) is 0 Å². The van der Waals surface area contributed by atoms with Crippen molar-refractivity contribution >= 4 is 39.3 Å². The van der Waals surface area contributed by atoms with Crippen LogP contribution in [-0.4, -0.2) is 47.3 Å². The number of benzene rings is 1. The Bertz CT molecular complexity index is 736. The molecule has 0 atom stereocenters. The van der Waals surface area contributed by atoms with Gasteiger partial charge in [-0.25, -0.2) is 0 Å². The standard InChI is InChI=1S/C16H18N2O2S2/c1-17-6-8-18(9-7-17)16(21)22-11-12-10-20-14-5-3-2-4-13(14)15(12)19/h2-5,10H,6-9,11H2,1H3. The highest BCUT2D eigenvalue weighted by Crippen LogP contribution is 2.18. The topological polar surface area (TPSA) is 36.7 Å². The van der Waals surface area contributed by atoms with E-state index in [1.54, 1.807) is 12.3 Å². The van der Waals surface area contributed by atoms with Gasteiger partial charge in [0.05, 0.1) is 11.6 Å². The first-order valence-electron chi connectivity index (χ1n) is 7.25. The quantitative estimate of drug-likeness (QED) is 0.786. The third-order valence-corrected chi connectivity index (χ3v) is 5.44. The molecule has 1 aliphatic rings. The maximum absolute atomic E-state index is 12.4. The second-order valence-corrected chi connectivity index (χ2v) is 7.04. The maximum atomic E-state index is 12.4. The molecule has 0 bridgehead atoms. The zero-order chi connectivity index (χ0) is 15.5. The monoisotopic (exact) mass is 334 g/mol. The van der Waals surface area contributed by atoms with E-state index in [0.29, 0.717) is 22.3 Å². The minimum Gasteiger partial charge on any atom is -0.464 e. The molecule has 0 N–H and O–H groups in total. The van der Waals surface area contributed by atoms with Crippen molar-refractivity contribution in [1.29, 1.82) is 0 Å². The van der Waals surface area contributed by atoms with Gasteiger partial charge in [-0.15, -0.1) is 0 Å². The van der Waals surface area contributed by atoms with Crippen LogP contribution in [0.5, 0.6) is 0 Å². The predicted octanol–water partition coefficient (Wildman–Crippen LogP) is 2.56. The normalized spacial score (nSPS) is 16.1. The van der Waals surface area contributed by atoms with Crippen LogP contribution >= 0.6 is 24.0 Å². The highest BCUT2D eigenvalue weighted by atomic mass is 32.2. The smallest absolute Gasteiger partial charge is 0.196 e. The predicted molar refractivity (Wildman–Crippen MR) is 95.4 cm³/mol. The van der Waals surface area contributed by atoms with Crippen LogP contribution in [0.25, 0.3) is 11.0 Å². The van der Waals surface area contributed by atoms with Gasteiger partial charge in [-0.2, -0.15) is 0 Å². The summed E-state index contributed by atoms with van der Waals surface area (Å²) in [5.74, 6) is 0.554. The number of fused-ring (bicyclic) bond motifs is 1. The van der Waals surface area contributed by atoms with Crippen LogP contribution in [0.1, 0.15) is 5.56 Å². The molecule has 1 aromatic carbocycles. The van der Waals surface area contributed by atoms with E-state index in [2.05, 4.69) is 16.8 Å². The molecule has 0 unspecified atom stereocenters. The summed E-state index contributed by atoms with van der Waals surface area (Å²) in [6.45, 7) is 3.96. The van der Waals surface area contributed by atoms with E-state index in [-0.39, 0.29) is 5.43 Å². The lowest BCUT2D eigenvalue weighted by atomic mass is 10.2. The molecule has 1 saturated heterocycles. The molecule has 3 rings (SSSR count). The molecule has 4 nitrogen and oxygen atoms in total. The van der Waals surface area contributed by atoms with E-state index in [0.717, 1.165) is 30.5 Å². The van der Waals surface area contributed by atoms with Gasteiger partial charge in [-0.05, 0) is 19.2 Å². The molecule has 22 heavy (non-hydrogen) atoms.